The summed E-state index contributed by atoms with van der Waals surface area (Å²) >= 11 is 0. The largest absolute Gasteiger partial charge is 0.417 e. The number of rotatable bonds is 3. The Morgan fingerprint density at radius 1 is 1.41 bits per heavy atom. The molecule has 0 saturated heterocycles. The topological polar surface area (TPSA) is 99.3 Å². The fourth-order valence-corrected chi connectivity index (χ4v) is 1.22. The third kappa shape index (κ3) is 3.05. The van der Waals surface area contributed by atoms with Crippen molar-refractivity contribution in [1.82, 2.24) is 4.98 Å². The average Bonchev–Trinajstić information content (AvgIpc) is 2.26. The van der Waals surface area contributed by atoms with E-state index >= 15 is 0 Å². The molecule has 96 valence electrons. The van der Waals surface area contributed by atoms with E-state index in [9.17, 15) is 28.2 Å². The van der Waals surface area contributed by atoms with Gasteiger partial charge in [-0.15, -0.1) is 0 Å². The first-order valence-corrected chi connectivity index (χ1v) is 4.63. The van der Waals surface area contributed by atoms with Crippen molar-refractivity contribution in [2.45, 2.75) is 18.4 Å². The number of H-pyrrole nitrogens is 1. The summed E-state index contributed by atoms with van der Waals surface area (Å²) in [4.78, 5) is 13.1. The molecular weight excluding hydrogens is 241 g/mol. The van der Waals surface area contributed by atoms with Crippen molar-refractivity contribution in [3.8, 4) is 0 Å². The van der Waals surface area contributed by atoms with Crippen LogP contribution in [0.25, 0.3) is 0 Å². The molecule has 17 heavy (non-hydrogen) atoms. The van der Waals surface area contributed by atoms with E-state index in [0.717, 1.165) is 0 Å². The highest BCUT2D eigenvalue weighted by atomic mass is 19.4. The fraction of sp³-hybridized carbons (Fsp3) is 0.444. The van der Waals surface area contributed by atoms with Crippen molar-refractivity contribution in [3.63, 3.8) is 0 Å². The molecule has 8 heteroatoms. The predicted octanol–water partition coefficient (Wildman–Crippen LogP) is -0.253. The lowest BCUT2D eigenvalue weighted by Gasteiger charge is -2.16. The van der Waals surface area contributed by atoms with Crippen LogP contribution in [0.2, 0.25) is 0 Å². The molecule has 2 atom stereocenters. The van der Waals surface area contributed by atoms with Gasteiger partial charge in [-0.25, -0.2) is 0 Å². The van der Waals surface area contributed by atoms with E-state index in [-0.39, 0.29) is 6.54 Å². The second-order valence-electron chi connectivity index (χ2n) is 3.42. The Labute approximate surface area is 93.7 Å². The van der Waals surface area contributed by atoms with Gasteiger partial charge in [0.25, 0.3) is 5.56 Å². The van der Waals surface area contributed by atoms with E-state index in [1.165, 1.54) is 0 Å². The maximum Gasteiger partial charge on any atom is 0.417 e. The number of hydrogen-bond acceptors (Lipinski definition) is 4. The Morgan fingerprint density at radius 3 is 2.47 bits per heavy atom. The smallest absolute Gasteiger partial charge is 0.389 e. The van der Waals surface area contributed by atoms with Crippen LogP contribution in [0, 0.1) is 0 Å². The summed E-state index contributed by atoms with van der Waals surface area (Å²) in [6.07, 6.45) is -7.41. The lowest BCUT2D eigenvalue weighted by atomic mass is 10.0. The molecule has 5 nitrogen and oxygen atoms in total. The molecular formula is C9H11F3N2O3. The summed E-state index contributed by atoms with van der Waals surface area (Å²) < 4.78 is 37.1. The maximum absolute atomic E-state index is 12.4. The Morgan fingerprint density at radius 2 is 2.00 bits per heavy atom. The number of hydrogen-bond donors (Lipinski definition) is 4. The minimum absolute atomic E-state index is 0.378. The first-order valence-electron chi connectivity index (χ1n) is 4.63. The van der Waals surface area contributed by atoms with Crippen molar-refractivity contribution < 1.29 is 23.4 Å². The van der Waals surface area contributed by atoms with Crippen LogP contribution in [0.15, 0.2) is 17.1 Å². The van der Waals surface area contributed by atoms with Gasteiger partial charge < -0.3 is 20.9 Å². The van der Waals surface area contributed by atoms with Crippen molar-refractivity contribution in [1.29, 1.82) is 0 Å². The van der Waals surface area contributed by atoms with Crippen LogP contribution in [-0.4, -0.2) is 27.8 Å². The summed E-state index contributed by atoms with van der Waals surface area (Å²) in [7, 11) is 0. The lowest BCUT2D eigenvalue weighted by Crippen LogP contribution is -2.31. The number of alkyl halides is 3. The van der Waals surface area contributed by atoms with Crippen molar-refractivity contribution in [3.05, 3.63) is 33.7 Å². The van der Waals surface area contributed by atoms with Crippen LogP contribution in [0.1, 0.15) is 17.2 Å². The normalized spacial score (nSPS) is 15.6. The Bertz CT molecular complexity index is 444. The van der Waals surface area contributed by atoms with Gasteiger partial charge in [-0.1, -0.05) is 0 Å². The van der Waals surface area contributed by atoms with Crippen molar-refractivity contribution in [2.24, 2.45) is 5.73 Å². The van der Waals surface area contributed by atoms with E-state index in [1.54, 1.807) is 0 Å². The number of aliphatic hydroxyl groups is 2. The van der Waals surface area contributed by atoms with Crippen LogP contribution in [-0.2, 0) is 6.18 Å². The molecule has 0 aliphatic carbocycles. The second kappa shape index (κ2) is 4.86. The molecule has 0 aliphatic heterocycles. The summed E-state index contributed by atoms with van der Waals surface area (Å²) in [5.74, 6) is 0. The SMILES string of the molecule is NCC(O)C(O)c1cc(C(F)(F)F)c[nH]c1=O. The third-order valence-corrected chi connectivity index (χ3v) is 2.18. The second-order valence-corrected chi connectivity index (χ2v) is 3.42. The molecule has 0 radical (unpaired) electrons. The quantitative estimate of drug-likeness (QED) is 0.596. The number of aliphatic hydroxyl groups excluding tert-OH is 2. The van der Waals surface area contributed by atoms with E-state index in [1.807, 2.05) is 4.98 Å². The van der Waals surface area contributed by atoms with Gasteiger partial charge in [0.15, 0.2) is 0 Å². The Kier molecular flexibility index (Phi) is 3.91. The van der Waals surface area contributed by atoms with Gasteiger partial charge in [0.2, 0.25) is 0 Å². The third-order valence-electron chi connectivity index (χ3n) is 2.18. The zero-order chi connectivity index (χ0) is 13.2. The molecule has 1 aromatic rings. The first-order chi connectivity index (χ1) is 7.77. The summed E-state index contributed by atoms with van der Waals surface area (Å²) in [5, 5.41) is 18.6. The summed E-state index contributed by atoms with van der Waals surface area (Å²) in [6.45, 7) is -0.378. The average molecular weight is 252 g/mol. The molecule has 0 spiro atoms. The molecule has 2 unspecified atom stereocenters. The summed E-state index contributed by atoms with van der Waals surface area (Å²) in [5.41, 5.74) is 2.45. The molecule has 0 aliphatic rings. The van der Waals surface area contributed by atoms with Gasteiger partial charge in [0.05, 0.1) is 11.7 Å². The van der Waals surface area contributed by atoms with Crippen LogP contribution < -0.4 is 11.3 Å². The van der Waals surface area contributed by atoms with E-state index in [0.29, 0.717) is 12.3 Å². The first kappa shape index (κ1) is 13.7. The molecule has 0 amide bonds. The van der Waals surface area contributed by atoms with Gasteiger partial charge >= 0.3 is 6.18 Å². The van der Waals surface area contributed by atoms with E-state index in [2.05, 4.69) is 0 Å². The van der Waals surface area contributed by atoms with Gasteiger partial charge in [-0.2, -0.15) is 13.2 Å². The lowest BCUT2D eigenvalue weighted by molar-refractivity contribution is -0.138. The number of pyridine rings is 1. The van der Waals surface area contributed by atoms with Gasteiger partial charge in [0, 0.05) is 18.3 Å². The maximum atomic E-state index is 12.4. The Hall–Kier alpha value is -1.38. The van der Waals surface area contributed by atoms with Gasteiger partial charge in [-0.3, -0.25) is 4.79 Å². The van der Waals surface area contributed by atoms with Crippen LogP contribution in [0.3, 0.4) is 0 Å². The number of aromatic nitrogens is 1. The number of halogens is 3. The van der Waals surface area contributed by atoms with Gasteiger partial charge in [-0.05, 0) is 6.07 Å². The molecule has 0 saturated carbocycles. The zero-order valence-corrected chi connectivity index (χ0v) is 8.53. The number of nitrogens with two attached hydrogens (primary N) is 1. The van der Waals surface area contributed by atoms with Crippen LogP contribution in [0.4, 0.5) is 13.2 Å². The fourth-order valence-electron chi connectivity index (χ4n) is 1.22. The highest BCUT2D eigenvalue weighted by molar-refractivity contribution is 5.23. The van der Waals surface area contributed by atoms with E-state index < -0.39 is 35.1 Å². The standard InChI is InChI=1S/C9H11F3N2O3/c10-9(11,12)4-1-5(8(17)14-3-4)7(16)6(15)2-13/h1,3,6-7,15-16H,2,13H2,(H,14,17). The summed E-state index contributed by atoms with van der Waals surface area (Å²) in [6, 6.07) is 0.488. The molecule has 5 N–H and O–H groups in total. The van der Waals surface area contributed by atoms with Crippen LogP contribution >= 0.6 is 0 Å². The minimum Gasteiger partial charge on any atom is -0.389 e. The number of aromatic amines is 1. The highest BCUT2D eigenvalue weighted by Gasteiger charge is 2.32. The minimum atomic E-state index is -4.65. The highest BCUT2D eigenvalue weighted by Crippen LogP contribution is 2.29. The van der Waals surface area contributed by atoms with Crippen molar-refractivity contribution >= 4 is 0 Å². The van der Waals surface area contributed by atoms with Crippen LogP contribution in [0.5, 0.6) is 0 Å². The molecule has 0 aromatic carbocycles. The zero-order valence-electron chi connectivity index (χ0n) is 8.53. The molecule has 0 fully saturated rings. The molecule has 1 aromatic heterocycles. The Balaban J connectivity index is 3.20. The molecule has 1 heterocycles. The van der Waals surface area contributed by atoms with Crippen molar-refractivity contribution in [2.75, 3.05) is 6.54 Å². The molecule has 0 bridgehead atoms. The number of nitrogens with one attached hydrogen (secondary N) is 1. The van der Waals surface area contributed by atoms with E-state index in [4.69, 9.17) is 5.73 Å². The predicted molar refractivity (Wildman–Crippen MR) is 52.1 cm³/mol. The monoisotopic (exact) mass is 252 g/mol. The van der Waals surface area contributed by atoms with Gasteiger partial charge in [0.1, 0.15) is 6.10 Å². The molecule has 1 rings (SSSR count).